The number of anilines is 1. The molecular formula is C26H33NO2. The predicted molar refractivity (Wildman–Crippen MR) is 118 cm³/mol. The molecule has 3 aliphatic rings. The van der Waals surface area contributed by atoms with Crippen LogP contribution in [0, 0.1) is 24.2 Å². The lowest BCUT2D eigenvalue weighted by atomic mass is 9.54. The minimum absolute atomic E-state index is 0.259. The van der Waals surface area contributed by atoms with Crippen LogP contribution >= 0.6 is 0 Å². The van der Waals surface area contributed by atoms with Crippen molar-refractivity contribution in [1.29, 1.82) is 0 Å². The summed E-state index contributed by atoms with van der Waals surface area (Å²) in [5.74, 6) is 2.75. The zero-order valence-corrected chi connectivity index (χ0v) is 17.9. The maximum atomic E-state index is 10.7. The molecule has 0 amide bonds. The standard InChI is InChI=1S/C26H33NO2/c1-16-8-12-23(29)25-17(16)9-10-18-19(25)14-15-26(2)20(18)11-13-24(26)27(3)21-6-4-5-7-22(21)28/h4-8,12,18-20,24,28-29H,9-11,13-15H2,1-3H3/t18-,19+,20+,24-,26+/m1/s1. The first kappa shape index (κ1) is 18.8. The first-order valence-corrected chi connectivity index (χ1v) is 11.2. The van der Waals surface area contributed by atoms with Crippen molar-refractivity contribution in [2.24, 2.45) is 17.3 Å². The summed E-state index contributed by atoms with van der Waals surface area (Å²) in [6.07, 6.45) is 7.13. The van der Waals surface area contributed by atoms with E-state index in [0.29, 0.717) is 35.3 Å². The number of hydrogen-bond donors (Lipinski definition) is 2. The van der Waals surface area contributed by atoms with Crippen LogP contribution in [0.2, 0.25) is 0 Å². The van der Waals surface area contributed by atoms with Crippen molar-refractivity contribution in [3.63, 3.8) is 0 Å². The SMILES string of the molecule is Cc1ccc(O)c2c1CC[C@@H]1[C@@H]2CC[C@@]2(C)[C@H]1CC[C@H]2N(C)c1ccccc1O. The Kier molecular flexibility index (Phi) is 4.34. The largest absolute Gasteiger partial charge is 0.508 e. The molecule has 0 unspecified atom stereocenters. The maximum absolute atomic E-state index is 10.7. The minimum atomic E-state index is 0.259. The number of aromatic hydroxyl groups is 2. The van der Waals surface area contributed by atoms with Gasteiger partial charge in [0.1, 0.15) is 11.5 Å². The molecule has 3 heteroatoms. The van der Waals surface area contributed by atoms with Crippen molar-refractivity contribution in [2.75, 3.05) is 11.9 Å². The summed E-state index contributed by atoms with van der Waals surface area (Å²) in [6.45, 7) is 4.69. The third kappa shape index (κ3) is 2.69. The molecule has 5 atom stereocenters. The average molecular weight is 392 g/mol. The molecule has 0 heterocycles. The monoisotopic (exact) mass is 391 g/mol. The molecule has 0 aliphatic heterocycles. The second-order valence-electron chi connectivity index (χ2n) is 9.95. The summed E-state index contributed by atoms with van der Waals surface area (Å²) in [6, 6.07) is 12.2. The molecule has 2 aromatic rings. The first-order chi connectivity index (χ1) is 13.9. The molecule has 0 saturated heterocycles. The van der Waals surface area contributed by atoms with Gasteiger partial charge in [-0.2, -0.15) is 0 Å². The van der Waals surface area contributed by atoms with Crippen molar-refractivity contribution >= 4 is 5.69 Å². The highest BCUT2D eigenvalue weighted by atomic mass is 16.3. The van der Waals surface area contributed by atoms with Crippen LogP contribution in [0.25, 0.3) is 0 Å². The summed E-state index contributed by atoms with van der Waals surface area (Å²) >= 11 is 0. The second kappa shape index (κ2) is 6.68. The summed E-state index contributed by atoms with van der Waals surface area (Å²) in [5.41, 5.74) is 5.23. The van der Waals surface area contributed by atoms with Crippen molar-refractivity contribution < 1.29 is 10.2 Å². The quantitative estimate of drug-likeness (QED) is 0.683. The Morgan fingerprint density at radius 1 is 0.966 bits per heavy atom. The fourth-order valence-corrected chi connectivity index (χ4v) is 7.41. The van der Waals surface area contributed by atoms with E-state index in [-0.39, 0.29) is 5.41 Å². The molecule has 0 bridgehead atoms. The van der Waals surface area contributed by atoms with Crippen LogP contribution in [0.15, 0.2) is 36.4 Å². The topological polar surface area (TPSA) is 43.7 Å². The van der Waals surface area contributed by atoms with Gasteiger partial charge in [0.2, 0.25) is 0 Å². The number of phenols is 2. The third-order valence-electron chi connectivity index (χ3n) is 8.78. The van der Waals surface area contributed by atoms with Crippen LogP contribution in [0.5, 0.6) is 11.5 Å². The lowest BCUT2D eigenvalue weighted by Crippen LogP contribution is -2.49. The number of benzene rings is 2. The number of aryl methyl sites for hydroxylation is 1. The molecule has 2 N–H and O–H groups in total. The summed E-state index contributed by atoms with van der Waals surface area (Å²) in [5, 5.41) is 21.1. The normalized spacial score (nSPS) is 32.9. The summed E-state index contributed by atoms with van der Waals surface area (Å²) < 4.78 is 0. The minimum Gasteiger partial charge on any atom is -0.508 e. The summed E-state index contributed by atoms with van der Waals surface area (Å²) in [7, 11) is 2.16. The Morgan fingerprint density at radius 2 is 1.76 bits per heavy atom. The number of phenolic OH excluding ortho intramolecular Hbond substituents is 2. The fraction of sp³-hybridized carbons (Fsp3) is 0.538. The molecule has 3 nitrogen and oxygen atoms in total. The zero-order valence-electron chi connectivity index (χ0n) is 17.9. The highest BCUT2D eigenvalue weighted by molar-refractivity contribution is 5.58. The van der Waals surface area contributed by atoms with Gasteiger partial charge in [-0.1, -0.05) is 25.1 Å². The van der Waals surface area contributed by atoms with Gasteiger partial charge in [0.15, 0.2) is 0 Å². The van der Waals surface area contributed by atoms with Gasteiger partial charge in [-0.3, -0.25) is 0 Å². The van der Waals surface area contributed by atoms with E-state index in [1.54, 1.807) is 6.07 Å². The van der Waals surface area contributed by atoms with E-state index in [1.807, 2.05) is 24.3 Å². The molecule has 0 radical (unpaired) electrons. The molecule has 5 rings (SSSR count). The molecule has 2 aromatic carbocycles. The van der Waals surface area contributed by atoms with Crippen molar-refractivity contribution in [1.82, 2.24) is 0 Å². The molecule has 29 heavy (non-hydrogen) atoms. The number of hydrogen-bond acceptors (Lipinski definition) is 3. The van der Waals surface area contributed by atoms with Crippen LogP contribution in [0.4, 0.5) is 5.69 Å². The van der Waals surface area contributed by atoms with E-state index in [0.717, 1.165) is 18.5 Å². The van der Waals surface area contributed by atoms with E-state index in [4.69, 9.17) is 0 Å². The van der Waals surface area contributed by atoms with E-state index in [2.05, 4.69) is 31.9 Å². The van der Waals surface area contributed by atoms with Crippen LogP contribution in [0.1, 0.15) is 61.6 Å². The van der Waals surface area contributed by atoms with Crippen molar-refractivity contribution in [3.8, 4) is 11.5 Å². The molecule has 3 aliphatic carbocycles. The van der Waals surface area contributed by atoms with Gasteiger partial charge in [0.25, 0.3) is 0 Å². The number of nitrogens with zero attached hydrogens (tertiary/aromatic N) is 1. The Balaban J connectivity index is 1.47. The predicted octanol–water partition coefficient (Wildman–Crippen LogP) is 5.77. The van der Waals surface area contributed by atoms with Gasteiger partial charge in [-0.25, -0.2) is 0 Å². The summed E-state index contributed by atoms with van der Waals surface area (Å²) in [4.78, 5) is 2.34. The van der Waals surface area contributed by atoms with Gasteiger partial charge in [-0.15, -0.1) is 0 Å². The number of fused-ring (bicyclic) bond motifs is 5. The molecule has 2 saturated carbocycles. The van der Waals surface area contributed by atoms with Gasteiger partial charge < -0.3 is 15.1 Å². The van der Waals surface area contributed by atoms with E-state index in [9.17, 15) is 10.2 Å². The highest BCUT2D eigenvalue weighted by Gasteiger charge is 2.56. The van der Waals surface area contributed by atoms with Crippen LogP contribution in [-0.4, -0.2) is 23.3 Å². The van der Waals surface area contributed by atoms with Crippen LogP contribution < -0.4 is 4.90 Å². The zero-order chi connectivity index (χ0) is 20.3. The first-order valence-electron chi connectivity index (χ1n) is 11.2. The fourth-order valence-electron chi connectivity index (χ4n) is 7.41. The Morgan fingerprint density at radius 3 is 2.55 bits per heavy atom. The van der Waals surface area contributed by atoms with E-state index >= 15 is 0 Å². The van der Waals surface area contributed by atoms with Crippen LogP contribution in [-0.2, 0) is 6.42 Å². The smallest absolute Gasteiger partial charge is 0.138 e. The van der Waals surface area contributed by atoms with Gasteiger partial charge in [0.05, 0.1) is 5.69 Å². The van der Waals surface area contributed by atoms with Gasteiger partial charge >= 0.3 is 0 Å². The Bertz CT molecular complexity index is 938. The molecule has 0 spiro atoms. The second-order valence-corrected chi connectivity index (χ2v) is 9.95. The van der Waals surface area contributed by atoms with Gasteiger partial charge in [-0.05, 0) is 97.9 Å². The third-order valence-corrected chi connectivity index (χ3v) is 8.78. The highest BCUT2D eigenvalue weighted by Crippen LogP contribution is 2.63. The molecule has 0 aromatic heterocycles. The van der Waals surface area contributed by atoms with Crippen molar-refractivity contribution in [3.05, 3.63) is 53.1 Å². The Labute approximate surface area is 174 Å². The van der Waals surface area contributed by atoms with E-state index < -0.39 is 0 Å². The number of para-hydroxylation sites is 2. The average Bonchev–Trinajstić information content (AvgIpc) is 3.07. The lowest BCUT2D eigenvalue weighted by Gasteiger charge is -2.52. The maximum Gasteiger partial charge on any atom is 0.138 e. The molecule has 2 fully saturated rings. The molecular weight excluding hydrogens is 358 g/mol. The lowest BCUT2D eigenvalue weighted by molar-refractivity contribution is 0.0477. The molecule has 154 valence electrons. The van der Waals surface area contributed by atoms with Crippen molar-refractivity contribution in [2.45, 2.75) is 64.3 Å². The van der Waals surface area contributed by atoms with E-state index in [1.165, 1.54) is 42.4 Å². The number of rotatable bonds is 2. The Hall–Kier alpha value is -2.16. The van der Waals surface area contributed by atoms with Gasteiger partial charge in [0, 0.05) is 18.7 Å². The van der Waals surface area contributed by atoms with Crippen LogP contribution in [0.3, 0.4) is 0 Å².